The van der Waals surface area contributed by atoms with Crippen molar-refractivity contribution >= 4 is 76.3 Å². The minimum absolute atomic E-state index is 0. The molecule has 6 N–H and O–H groups in total. The fourth-order valence-electron chi connectivity index (χ4n) is 9.54. The molecular weight excluding hydrogens is 1140 g/mol. The monoisotopic (exact) mass is 1210 g/mol. The Bertz CT molecular complexity index is 3450. The van der Waals surface area contributed by atoms with Gasteiger partial charge in [-0.1, -0.05) is 74.0 Å². The average molecular weight is 1210 g/mol. The number of hydrogen-bond acceptors (Lipinski definition) is 16. The SMILES string of the molecule is Cc1ncsc1-c1ccc(CNC(=O)[C@@H]2C[C@@H](O)CN2C(=O)[C@@H](NC(=O)CCNCCn2cc(COCCOCCNC(=O)c3ccc(Nc4ncc5c(n4)-c4ccc(Cl)cc4C(c4c(F)cccc4F)=NC5)cc3)nn2)C(C)(C)C)cc1.Cl. The third-order valence-corrected chi connectivity index (χ3v) is 15.1. The number of anilines is 2. The highest BCUT2D eigenvalue weighted by Crippen LogP contribution is 2.35. The molecule has 3 atom stereocenters. The summed E-state index contributed by atoms with van der Waals surface area (Å²) in [6, 6.07) is 21.5. The minimum atomic E-state index is -0.935. The number of β-amino-alcohol motifs (C(OH)–C–C–N with tert-alkyl or cyclic N) is 1. The van der Waals surface area contributed by atoms with Gasteiger partial charge in [0.15, 0.2) is 0 Å². The van der Waals surface area contributed by atoms with E-state index in [-0.39, 0.29) is 99.6 Å². The molecule has 2 aliphatic heterocycles. The Hall–Kier alpha value is -7.64. The molecule has 1 fully saturated rings. The summed E-state index contributed by atoms with van der Waals surface area (Å²) in [5.74, 6) is -2.64. The predicted octanol–water partition coefficient (Wildman–Crippen LogP) is 7.37. The molecule has 20 nitrogen and oxygen atoms in total. The molecular formula is C59H65Cl2F2N13O7S. The van der Waals surface area contributed by atoms with Crippen LogP contribution in [0.5, 0.6) is 0 Å². The van der Waals surface area contributed by atoms with Crippen LogP contribution >= 0.6 is 35.3 Å². The third kappa shape index (κ3) is 16.0. The van der Waals surface area contributed by atoms with Crippen LogP contribution < -0.4 is 26.6 Å². The van der Waals surface area contributed by atoms with Gasteiger partial charge in [0.05, 0.1) is 84.9 Å². The van der Waals surface area contributed by atoms with Crippen LogP contribution in [0.1, 0.15) is 77.6 Å². The number of aliphatic hydroxyl groups is 1. The van der Waals surface area contributed by atoms with Crippen molar-refractivity contribution in [2.75, 3.05) is 51.3 Å². The van der Waals surface area contributed by atoms with Gasteiger partial charge in [-0.25, -0.2) is 23.7 Å². The lowest BCUT2D eigenvalue weighted by atomic mass is 9.85. The molecule has 0 bridgehead atoms. The number of aliphatic imine (C=N–C) groups is 1. The zero-order valence-corrected chi connectivity index (χ0v) is 49.1. The van der Waals surface area contributed by atoms with Crippen molar-refractivity contribution in [2.24, 2.45) is 10.4 Å². The van der Waals surface area contributed by atoms with Crippen LogP contribution in [0.25, 0.3) is 21.7 Å². The number of rotatable bonds is 24. The average Bonchev–Trinajstić information content (AvgIpc) is 4.15. The molecule has 84 heavy (non-hydrogen) atoms. The van der Waals surface area contributed by atoms with Gasteiger partial charge in [0, 0.05) is 84.7 Å². The molecule has 3 aromatic heterocycles. The van der Waals surface area contributed by atoms with E-state index in [1.54, 1.807) is 70.9 Å². The maximum absolute atomic E-state index is 15.0. The molecule has 9 rings (SSSR count). The number of ether oxygens (including phenoxy) is 2. The van der Waals surface area contributed by atoms with E-state index in [1.165, 1.54) is 23.1 Å². The number of amides is 4. The quantitative estimate of drug-likeness (QED) is 0.0324. The number of carbonyl (C=O) groups excluding carboxylic acids is 4. The third-order valence-electron chi connectivity index (χ3n) is 13.9. The van der Waals surface area contributed by atoms with E-state index in [0.29, 0.717) is 77.2 Å². The van der Waals surface area contributed by atoms with E-state index >= 15 is 0 Å². The normalized spacial score (nSPS) is 15.0. The Balaban J connectivity index is 0.00000920. The van der Waals surface area contributed by atoms with Gasteiger partial charge in [0.25, 0.3) is 5.91 Å². The number of fused-ring (bicyclic) bond motifs is 3. The van der Waals surface area contributed by atoms with Crippen molar-refractivity contribution in [1.29, 1.82) is 0 Å². The van der Waals surface area contributed by atoms with Gasteiger partial charge in [-0.15, -0.1) is 28.8 Å². The van der Waals surface area contributed by atoms with E-state index in [4.69, 9.17) is 26.1 Å². The standard InChI is InChI=1S/C59H64ClF2N13O7S.ClH/c1-35-53(83-34-68-35)37-10-8-36(9-11-37)28-66-56(79)48-27-43(76)32-75(48)57(80)54(59(2,3)4)70-49(77)18-19-63-20-22-74-31-42(72-73-74)33-82-25-24-81-23-21-64-55(78)38-12-15-41(16-13-38)69-58-67-30-39-29-65-52(50-46(61)6-5-7-47(50)62)45-26-40(60)14-17-44(45)51(39)71-58;/h5-17,26,30-31,34,43,48,54,63,76H,18-25,27-29,32-33H2,1-4H3,(H,64,78)(H,66,79)(H,70,77)(H,67,69,71);1H/t43-,48+,54-;/m1./s1. The highest BCUT2D eigenvalue weighted by Gasteiger charge is 2.44. The fourth-order valence-corrected chi connectivity index (χ4v) is 10.5. The zero-order valence-electron chi connectivity index (χ0n) is 46.7. The molecule has 442 valence electrons. The Labute approximate surface area is 499 Å². The number of carbonyl (C=O) groups is 4. The van der Waals surface area contributed by atoms with Gasteiger partial charge < -0.3 is 46.1 Å². The van der Waals surface area contributed by atoms with Crippen molar-refractivity contribution in [3.05, 3.63) is 159 Å². The highest BCUT2D eigenvalue weighted by molar-refractivity contribution is 7.13. The Morgan fingerprint density at radius 2 is 1.67 bits per heavy atom. The Morgan fingerprint density at radius 3 is 2.40 bits per heavy atom. The first kappa shape index (κ1) is 62.4. The van der Waals surface area contributed by atoms with Crippen molar-refractivity contribution in [3.8, 4) is 21.7 Å². The molecule has 4 amide bonds. The number of likely N-dealkylation sites (tertiary alicyclic amines) is 1. The number of nitrogens with zero attached hydrogens (tertiary/aromatic N) is 8. The number of benzene rings is 4. The van der Waals surface area contributed by atoms with Gasteiger partial charge in [0.1, 0.15) is 29.4 Å². The lowest BCUT2D eigenvalue weighted by molar-refractivity contribution is -0.144. The second kappa shape index (κ2) is 28.8. The Kier molecular flexibility index (Phi) is 21.4. The van der Waals surface area contributed by atoms with Crippen molar-refractivity contribution in [3.63, 3.8) is 0 Å². The summed E-state index contributed by atoms with van der Waals surface area (Å²) in [5.41, 5.74) is 7.77. The van der Waals surface area contributed by atoms with E-state index in [2.05, 4.69) is 51.9 Å². The van der Waals surface area contributed by atoms with Crippen LogP contribution in [0.2, 0.25) is 5.02 Å². The maximum atomic E-state index is 15.0. The van der Waals surface area contributed by atoms with Crippen LogP contribution in [-0.2, 0) is 50.1 Å². The van der Waals surface area contributed by atoms with Crippen LogP contribution in [0, 0.1) is 24.0 Å². The molecule has 7 aromatic rings. The molecule has 0 radical (unpaired) electrons. The zero-order chi connectivity index (χ0) is 58.6. The number of aryl methyl sites for hydroxylation is 1. The second-order valence-corrected chi connectivity index (χ2v) is 22.4. The van der Waals surface area contributed by atoms with Crippen molar-refractivity contribution < 1.29 is 42.5 Å². The lowest BCUT2D eigenvalue weighted by Gasteiger charge is -2.35. The number of aliphatic hydroxyl groups excluding tert-OH is 1. The van der Waals surface area contributed by atoms with Crippen LogP contribution in [0.4, 0.5) is 20.4 Å². The summed E-state index contributed by atoms with van der Waals surface area (Å²) in [4.78, 5) is 74.2. The summed E-state index contributed by atoms with van der Waals surface area (Å²) in [6.45, 7) is 10.5. The molecule has 5 heterocycles. The van der Waals surface area contributed by atoms with Gasteiger partial charge in [0.2, 0.25) is 23.7 Å². The van der Waals surface area contributed by atoms with Crippen LogP contribution in [0.3, 0.4) is 0 Å². The van der Waals surface area contributed by atoms with Crippen molar-refractivity contribution in [2.45, 2.75) is 85.0 Å². The van der Waals surface area contributed by atoms with Gasteiger partial charge in [-0.3, -0.25) is 28.9 Å². The number of aromatic nitrogens is 6. The van der Waals surface area contributed by atoms with E-state index in [9.17, 15) is 33.1 Å². The molecule has 0 unspecified atom stereocenters. The van der Waals surface area contributed by atoms with Gasteiger partial charge >= 0.3 is 0 Å². The first-order valence-corrected chi connectivity index (χ1v) is 28.4. The first-order chi connectivity index (χ1) is 40.0. The van der Waals surface area contributed by atoms with Crippen molar-refractivity contribution in [1.82, 2.24) is 56.1 Å². The molecule has 25 heteroatoms. The van der Waals surface area contributed by atoms with Crippen LogP contribution in [-0.4, -0.2) is 133 Å². The summed E-state index contributed by atoms with van der Waals surface area (Å²) < 4.78 is 43.0. The molecule has 4 aromatic carbocycles. The molecule has 0 aliphatic carbocycles. The number of nitrogens with one attached hydrogen (secondary N) is 5. The summed E-state index contributed by atoms with van der Waals surface area (Å²) >= 11 is 7.92. The largest absolute Gasteiger partial charge is 0.391 e. The van der Waals surface area contributed by atoms with Gasteiger partial charge in [-0.2, -0.15) is 0 Å². The molecule has 0 saturated carbocycles. The summed E-state index contributed by atoms with van der Waals surface area (Å²) in [6.07, 6.45) is 2.70. The second-order valence-electron chi connectivity index (χ2n) is 21.1. The number of thiazole rings is 1. The predicted molar refractivity (Wildman–Crippen MR) is 317 cm³/mol. The maximum Gasteiger partial charge on any atom is 0.251 e. The first-order valence-electron chi connectivity index (χ1n) is 27.1. The Morgan fingerprint density at radius 1 is 0.905 bits per heavy atom. The van der Waals surface area contributed by atoms with E-state index in [1.807, 2.05) is 57.5 Å². The smallest absolute Gasteiger partial charge is 0.251 e. The topological polar surface area (TPSA) is 252 Å². The highest BCUT2D eigenvalue weighted by atomic mass is 35.5. The van der Waals surface area contributed by atoms with E-state index < -0.39 is 41.1 Å². The molecule has 1 saturated heterocycles. The molecule has 2 aliphatic rings. The number of hydrogen-bond donors (Lipinski definition) is 6. The minimum Gasteiger partial charge on any atom is -0.391 e. The van der Waals surface area contributed by atoms with Gasteiger partial charge in [-0.05, 0) is 72.0 Å². The van der Waals surface area contributed by atoms with Crippen LogP contribution in [0.15, 0.2) is 108 Å². The molecule has 0 spiro atoms. The lowest BCUT2D eigenvalue weighted by Crippen LogP contribution is -2.57. The summed E-state index contributed by atoms with van der Waals surface area (Å²) in [7, 11) is 0. The summed E-state index contributed by atoms with van der Waals surface area (Å²) in [5, 5.41) is 34.3. The fraction of sp³-hybridized carbons (Fsp3) is 0.356. The number of halogens is 4. The van der Waals surface area contributed by atoms with E-state index in [0.717, 1.165) is 21.7 Å².